The summed E-state index contributed by atoms with van der Waals surface area (Å²) in [6.45, 7) is 8.00. The van der Waals surface area contributed by atoms with Crippen molar-refractivity contribution in [1.29, 1.82) is 0 Å². The lowest BCUT2D eigenvalue weighted by molar-refractivity contribution is 1.35. The van der Waals surface area contributed by atoms with Crippen molar-refractivity contribution < 1.29 is 0 Å². The largest absolute Gasteiger partial charge is 0.0899 e. The van der Waals surface area contributed by atoms with Crippen LogP contribution < -0.4 is 0 Å². The molecule has 0 saturated heterocycles. The fourth-order valence-corrected chi connectivity index (χ4v) is 3.83. The van der Waals surface area contributed by atoms with Gasteiger partial charge in [-0.25, -0.2) is 0 Å². The molecular weight excluding hydrogens is 230 g/mol. The Labute approximate surface area is 105 Å². The minimum atomic E-state index is 0.721. The van der Waals surface area contributed by atoms with Crippen LogP contribution in [-0.4, -0.2) is 11.8 Å². The second-order valence-corrected chi connectivity index (χ2v) is 5.45. The van der Waals surface area contributed by atoms with Crippen LogP contribution in [0.4, 0.5) is 0 Å². The van der Waals surface area contributed by atoms with Gasteiger partial charge < -0.3 is 0 Å². The molecule has 0 spiro atoms. The van der Waals surface area contributed by atoms with Crippen LogP contribution in [0.2, 0.25) is 0 Å². The van der Waals surface area contributed by atoms with E-state index < -0.39 is 0 Å². The van der Waals surface area contributed by atoms with Crippen molar-refractivity contribution in [3.05, 3.63) is 47.6 Å². The molecule has 0 nitrogen and oxygen atoms in total. The molecular formula is C14H24P2. The maximum Gasteiger partial charge on any atom is 0.0233 e. The first kappa shape index (κ1) is 15.8. The molecule has 16 heavy (non-hydrogen) atoms. The summed E-state index contributed by atoms with van der Waals surface area (Å²) in [6.07, 6.45) is 14.7. The molecule has 0 saturated carbocycles. The van der Waals surface area contributed by atoms with Crippen LogP contribution in [0.1, 0.15) is 27.7 Å². The molecule has 0 aromatic carbocycles. The quantitative estimate of drug-likeness (QED) is 0.557. The van der Waals surface area contributed by atoms with Gasteiger partial charge in [-0.1, -0.05) is 87.1 Å². The van der Waals surface area contributed by atoms with Crippen molar-refractivity contribution in [2.75, 3.05) is 6.16 Å². The standard InChI is InChI=1S/C10H12P2.2C2H6/c1-3-7-11-9(5-1)10-6-2-4-8-12-10;2*1-2/h1-7,9,11-12H,8H2;2*1-2H3. The van der Waals surface area contributed by atoms with Gasteiger partial charge in [0.05, 0.1) is 0 Å². The minimum absolute atomic E-state index is 0.721. The van der Waals surface area contributed by atoms with Crippen LogP contribution >= 0.6 is 17.2 Å². The smallest absolute Gasteiger partial charge is 0.0233 e. The molecule has 0 fully saturated rings. The van der Waals surface area contributed by atoms with E-state index in [1.807, 2.05) is 27.7 Å². The first-order chi connectivity index (χ1) is 7.97. The molecule has 3 atom stereocenters. The van der Waals surface area contributed by atoms with Crippen LogP contribution in [0.15, 0.2) is 47.6 Å². The third kappa shape index (κ3) is 5.78. The van der Waals surface area contributed by atoms with Gasteiger partial charge in [0.2, 0.25) is 0 Å². The lowest BCUT2D eigenvalue weighted by Gasteiger charge is -2.18. The average Bonchev–Trinajstić information content (AvgIpc) is 2.45. The second-order valence-electron chi connectivity index (χ2n) is 2.82. The summed E-state index contributed by atoms with van der Waals surface area (Å²) in [5.74, 6) is 2.29. The van der Waals surface area contributed by atoms with Gasteiger partial charge in [-0.2, -0.15) is 0 Å². The summed E-state index contributed by atoms with van der Waals surface area (Å²) < 4.78 is 0. The Hall–Kier alpha value is -0.180. The molecule has 2 heteroatoms. The van der Waals surface area contributed by atoms with E-state index in [1.54, 1.807) is 5.31 Å². The van der Waals surface area contributed by atoms with Crippen LogP contribution in [0.25, 0.3) is 0 Å². The van der Waals surface area contributed by atoms with Crippen molar-refractivity contribution in [3.63, 3.8) is 0 Å². The van der Waals surface area contributed by atoms with Gasteiger partial charge >= 0.3 is 0 Å². The lowest BCUT2D eigenvalue weighted by Crippen LogP contribution is -1.99. The maximum atomic E-state index is 2.33. The highest BCUT2D eigenvalue weighted by Crippen LogP contribution is 2.40. The summed E-state index contributed by atoms with van der Waals surface area (Å²) in [5.41, 5.74) is 0.721. The van der Waals surface area contributed by atoms with Crippen molar-refractivity contribution in [1.82, 2.24) is 0 Å². The Morgan fingerprint density at radius 2 is 1.81 bits per heavy atom. The Kier molecular flexibility index (Phi) is 11.2. The van der Waals surface area contributed by atoms with Gasteiger partial charge in [0.15, 0.2) is 0 Å². The Balaban J connectivity index is 0.000000509. The van der Waals surface area contributed by atoms with Gasteiger partial charge in [-0.3, -0.25) is 0 Å². The highest BCUT2D eigenvalue weighted by Gasteiger charge is 2.11. The van der Waals surface area contributed by atoms with Gasteiger partial charge in [0, 0.05) is 5.66 Å². The first-order valence-corrected chi connectivity index (χ1v) is 8.53. The highest BCUT2D eigenvalue weighted by atomic mass is 31.1. The fourth-order valence-electron chi connectivity index (χ4n) is 1.33. The predicted octanol–water partition coefficient (Wildman–Crippen LogP) is 5.30. The number of hydrogen-bond acceptors (Lipinski definition) is 0. The summed E-state index contributed by atoms with van der Waals surface area (Å²) in [4.78, 5) is 0. The molecule has 0 bridgehead atoms. The zero-order chi connectivity index (χ0) is 12.2. The van der Waals surface area contributed by atoms with Crippen molar-refractivity contribution in [2.45, 2.75) is 33.4 Å². The van der Waals surface area contributed by atoms with E-state index in [2.05, 4.69) is 42.3 Å². The molecule has 2 rings (SSSR count). The Bertz CT molecular complexity index is 272. The molecule has 2 aliphatic rings. The second kappa shape index (κ2) is 11.3. The predicted molar refractivity (Wildman–Crippen MR) is 83.5 cm³/mol. The average molecular weight is 254 g/mol. The molecule has 2 aliphatic heterocycles. The molecule has 0 radical (unpaired) electrons. The lowest BCUT2D eigenvalue weighted by atomic mass is 10.3. The van der Waals surface area contributed by atoms with E-state index in [0.29, 0.717) is 0 Å². The van der Waals surface area contributed by atoms with Crippen molar-refractivity contribution in [3.8, 4) is 0 Å². The SMILES string of the molecule is C1=CCPC(C2C=CC=CP2)=C1.CC.CC. The highest BCUT2D eigenvalue weighted by molar-refractivity contribution is 7.48. The van der Waals surface area contributed by atoms with Crippen LogP contribution in [0, 0.1) is 0 Å². The maximum absolute atomic E-state index is 2.33. The third-order valence-electron chi connectivity index (χ3n) is 1.96. The summed E-state index contributed by atoms with van der Waals surface area (Å²) in [5, 5.41) is 1.64. The monoisotopic (exact) mass is 254 g/mol. The van der Waals surface area contributed by atoms with Gasteiger partial charge in [0.1, 0.15) is 0 Å². The van der Waals surface area contributed by atoms with E-state index in [4.69, 9.17) is 0 Å². The van der Waals surface area contributed by atoms with Crippen LogP contribution in [0.3, 0.4) is 0 Å². The fraction of sp³-hybridized carbons (Fsp3) is 0.429. The molecule has 90 valence electrons. The molecule has 0 amide bonds. The summed E-state index contributed by atoms with van der Waals surface area (Å²) >= 11 is 0. The topological polar surface area (TPSA) is 0 Å². The van der Waals surface area contributed by atoms with E-state index in [1.165, 1.54) is 6.16 Å². The van der Waals surface area contributed by atoms with Gasteiger partial charge in [-0.05, 0) is 11.5 Å². The number of allylic oxidation sites excluding steroid dienone is 7. The minimum Gasteiger partial charge on any atom is -0.0899 e. The Morgan fingerprint density at radius 1 is 1.06 bits per heavy atom. The zero-order valence-electron chi connectivity index (χ0n) is 10.8. The van der Waals surface area contributed by atoms with E-state index in [9.17, 15) is 0 Å². The number of rotatable bonds is 1. The summed E-state index contributed by atoms with van der Waals surface area (Å²) in [7, 11) is 1.98. The number of hydrogen-bond donors (Lipinski definition) is 0. The van der Waals surface area contributed by atoms with E-state index in [0.717, 1.165) is 22.8 Å². The molecule has 0 aromatic heterocycles. The van der Waals surface area contributed by atoms with Crippen LogP contribution in [0.5, 0.6) is 0 Å². The van der Waals surface area contributed by atoms with E-state index >= 15 is 0 Å². The molecule has 0 aromatic rings. The van der Waals surface area contributed by atoms with Crippen molar-refractivity contribution >= 4 is 17.2 Å². The first-order valence-electron chi connectivity index (χ1n) is 6.17. The third-order valence-corrected chi connectivity index (χ3v) is 4.82. The molecule has 0 aliphatic carbocycles. The Morgan fingerprint density at radius 3 is 2.31 bits per heavy atom. The van der Waals surface area contributed by atoms with Gasteiger partial charge in [-0.15, -0.1) is 0 Å². The zero-order valence-corrected chi connectivity index (χ0v) is 12.8. The molecule has 2 heterocycles. The summed E-state index contributed by atoms with van der Waals surface area (Å²) in [6, 6.07) is 0. The normalized spacial score (nSPS) is 24.2. The molecule has 3 unspecified atom stereocenters. The van der Waals surface area contributed by atoms with E-state index in [-0.39, 0.29) is 0 Å². The van der Waals surface area contributed by atoms with Crippen molar-refractivity contribution in [2.24, 2.45) is 0 Å². The van der Waals surface area contributed by atoms with Crippen LogP contribution in [-0.2, 0) is 0 Å². The van der Waals surface area contributed by atoms with Gasteiger partial charge in [0.25, 0.3) is 0 Å². The molecule has 0 N–H and O–H groups in total.